The molecule has 0 aromatic heterocycles. The molecule has 19 heavy (non-hydrogen) atoms. The molecular formula is C15H23ClN2O. The summed E-state index contributed by atoms with van der Waals surface area (Å²) in [6, 6.07) is 9.43. The van der Waals surface area contributed by atoms with Crippen molar-refractivity contribution in [2.75, 3.05) is 26.7 Å². The zero-order valence-corrected chi connectivity index (χ0v) is 12.3. The summed E-state index contributed by atoms with van der Waals surface area (Å²) in [6.07, 6.45) is 2.90. The molecule has 3 nitrogen and oxygen atoms in total. The first-order chi connectivity index (χ1) is 8.85. The highest BCUT2D eigenvalue weighted by Gasteiger charge is 2.27. The number of nitrogens with one attached hydrogen (secondary N) is 1. The van der Waals surface area contributed by atoms with Crippen LogP contribution < -0.4 is 5.32 Å². The molecule has 1 aromatic rings. The third-order valence-corrected chi connectivity index (χ3v) is 4.22. The van der Waals surface area contributed by atoms with Crippen molar-refractivity contribution in [3.63, 3.8) is 0 Å². The summed E-state index contributed by atoms with van der Waals surface area (Å²) in [7, 11) is 1.81. The van der Waals surface area contributed by atoms with Crippen molar-refractivity contribution < 1.29 is 4.74 Å². The van der Waals surface area contributed by atoms with E-state index in [2.05, 4.69) is 34.5 Å². The minimum absolute atomic E-state index is 0. The monoisotopic (exact) mass is 282 g/mol. The maximum atomic E-state index is 5.30. The van der Waals surface area contributed by atoms with Crippen LogP contribution in [-0.4, -0.2) is 43.8 Å². The maximum Gasteiger partial charge on any atom is 0.0824 e. The summed E-state index contributed by atoms with van der Waals surface area (Å²) >= 11 is 0. The highest BCUT2D eigenvalue weighted by Crippen LogP contribution is 2.19. The largest absolute Gasteiger partial charge is 0.379 e. The van der Waals surface area contributed by atoms with E-state index >= 15 is 0 Å². The Hall–Kier alpha value is -0.610. The molecule has 3 rings (SSSR count). The Kier molecular flexibility index (Phi) is 5.22. The number of fused-ring (bicyclic) bond motifs is 1. The molecule has 1 N–H and O–H groups in total. The topological polar surface area (TPSA) is 24.5 Å². The van der Waals surface area contributed by atoms with Crippen LogP contribution in [0.1, 0.15) is 17.5 Å². The van der Waals surface area contributed by atoms with E-state index in [-0.39, 0.29) is 12.4 Å². The van der Waals surface area contributed by atoms with Crippen LogP contribution in [-0.2, 0) is 17.7 Å². The van der Waals surface area contributed by atoms with Crippen LogP contribution in [0.2, 0.25) is 0 Å². The maximum absolute atomic E-state index is 5.30. The van der Waals surface area contributed by atoms with Gasteiger partial charge in [0.15, 0.2) is 0 Å². The molecule has 0 unspecified atom stereocenters. The fourth-order valence-electron chi connectivity index (χ4n) is 2.92. The highest BCUT2D eigenvalue weighted by molar-refractivity contribution is 5.85. The van der Waals surface area contributed by atoms with Crippen molar-refractivity contribution in [2.24, 2.45) is 0 Å². The second-order valence-corrected chi connectivity index (χ2v) is 5.46. The van der Waals surface area contributed by atoms with Crippen LogP contribution in [0.5, 0.6) is 0 Å². The van der Waals surface area contributed by atoms with E-state index in [1.165, 1.54) is 30.5 Å². The van der Waals surface area contributed by atoms with Crippen LogP contribution in [0.25, 0.3) is 0 Å². The smallest absolute Gasteiger partial charge is 0.0824 e. The number of methoxy groups -OCH3 is 1. The van der Waals surface area contributed by atoms with Crippen molar-refractivity contribution in [1.82, 2.24) is 10.2 Å². The lowest BCUT2D eigenvalue weighted by Gasteiger charge is -2.39. The molecule has 2 heterocycles. The summed E-state index contributed by atoms with van der Waals surface area (Å²) in [4.78, 5) is 2.48. The van der Waals surface area contributed by atoms with E-state index in [9.17, 15) is 0 Å². The molecule has 2 aliphatic heterocycles. The number of nitrogens with zero attached hydrogens (tertiary/aromatic N) is 1. The first kappa shape index (κ1) is 14.8. The van der Waals surface area contributed by atoms with Gasteiger partial charge in [0.05, 0.1) is 6.10 Å². The van der Waals surface area contributed by atoms with Gasteiger partial charge >= 0.3 is 0 Å². The Morgan fingerprint density at radius 2 is 2.00 bits per heavy atom. The molecule has 1 fully saturated rings. The Morgan fingerprint density at radius 1 is 1.26 bits per heavy atom. The minimum atomic E-state index is 0. The molecule has 0 amide bonds. The lowest BCUT2D eigenvalue weighted by molar-refractivity contribution is -0.0305. The lowest BCUT2D eigenvalue weighted by Crippen LogP contribution is -2.53. The molecular weight excluding hydrogens is 260 g/mol. The van der Waals surface area contributed by atoms with Gasteiger partial charge in [-0.3, -0.25) is 4.90 Å². The number of rotatable bonds is 4. The fraction of sp³-hybridized carbons (Fsp3) is 0.600. The van der Waals surface area contributed by atoms with Gasteiger partial charge in [-0.1, -0.05) is 24.3 Å². The Bertz CT molecular complexity index is 407. The van der Waals surface area contributed by atoms with Crippen LogP contribution in [0, 0.1) is 0 Å². The van der Waals surface area contributed by atoms with Gasteiger partial charge in [-0.2, -0.15) is 0 Å². The zero-order chi connectivity index (χ0) is 12.4. The molecule has 2 aliphatic rings. The molecule has 0 aliphatic carbocycles. The third kappa shape index (κ3) is 3.48. The van der Waals surface area contributed by atoms with Gasteiger partial charge in [0.25, 0.3) is 0 Å². The predicted octanol–water partition coefficient (Wildman–Crippen LogP) is 1.84. The predicted molar refractivity (Wildman–Crippen MR) is 79.9 cm³/mol. The number of likely N-dealkylation sites (tertiary alicyclic amines) is 1. The molecule has 1 saturated heterocycles. The Labute approximate surface area is 121 Å². The van der Waals surface area contributed by atoms with E-state index < -0.39 is 0 Å². The number of hydrogen-bond acceptors (Lipinski definition) is 3. The zero-order valence-electron chi connectivity index (χ0n) is 11.5. The lowest BCUT2D eigenvalue weighted by atomic mass is 9.94. The van der Waals surface area contributed by atoms with E-state index in [0.29, 0.717) is 12.1 Å². The van der Waals surface area contributed by atoms with Gasteiger partial charge < -0.3 is 10.1 Å². The van der Waals surface area contributed by atoms with Crippen molar-refractivity contribution in [1.29, 1.82) is 0 Å². The number of ether oxygens (including phenoxy) is 1. The molecule has 4 heteroatoms. The average molecular weight is 283 g/mol. The minimum Gasteiger partial charge on any atom is -0.379 e. The highest BCUT2D eigenvalue weighted by atomic mass is 35.5. The first-order valence-corrected chi connectivity index (χ1v) is 6.90. The molecule has 0 radical (unpaired) electrons. The van der Waals surface area contributed by atoms with Gasteiger partial charge in [-0.15, -0.1) is 12.4 Å². The first-order valence-electron chi connectivity index (χ1n) is 6.90. The summed E-state index contributed by atoms with van der Waals surface area (Å²) in [6.45, 7) is 4.45. The van der Waals surface area contributed by atoms with Gasteiger partial charge in [-0.25, -0.2) is 0 Å². The van der Waals surface area contributed by atoms with Gasteiger partial charge in [0.1, 0.15) is 0 Å². The normalized spacial score (nSPS) is 23.3. The van der Waals surface area contributed by atoms with Gasteiger partial charge in [0, 0.05) is 32.8 Å². The summed E-state index contributed by atoms with van der Waals surface area (Å²) in [5.74, 6) is 0. The molecule has 0 bridgehead atoms. The third-order valence-electron chi connectivity index (χ3n) is 4.22. The van der Waals surface area contributed by atoms with Crippen molar-refractivity contribution in [3.05, 3.63) is 35.4 Å². The van der Waals surface area contributed by atoms with Crippen LogP contribution >= 0.6 is 12.4 Å². The standard InChI is InChI=1S/C15H22N2O.ClH/c1-18-15-10-17(11-15)7-6-14-8-12-4-2-3-5-13(12)9-16-14;/h2-5,14-16H,6-11H2,1H3;1H/t14-;/m1./s1. The van der Waals surface area contributed by atoms with Crippen molar-refractivity contribution in [2.45, 2.75) is 31.5 Å². The Balaban J connectivity index is 0.00000133. The molecule has 1 atom stereocenters. The summed E-state index contributed by atoms with van der Waals surface area (Å²) in [5, 5.41) is 3.65. The van der Waals surface area contributed by atoms with Crippen molar-refractivity contribution >= 4 is 12.4 Å². The molecule has 0 saturated carbocycles. The van der Waals surface area contributed by atoms with Crippen LogP contribution in [0.15, 0.2) is 24.3 Å². The molecule has 106 valence electrons. The second kappa shape index (κ2) is 6.71. The number of benzene rings is 1. The van der Waals surface area contributed by atoms with E-state index in [1.807, 2.05) is 7.11 Å². The molecule has 0 spiro atoms. The van der Waals surface area contributed by atoms with Crippen LogP contribution in [0.4, 0.5) is 0 Å². The average Bonchev–Trinajstić information content (AvgIpc) is 2.37. The van der Waals surface area contributed by atoms with Crippen LogP contribution in [0.3, 0.4) is 0 Å². The Morgan fingerprint density at radius 3 is 2.74 bits per heavy atom. The summed E-state index contributed by atoms with van der Waals surface area (Å²) in [5.41, 5.74) is 3.00. The molecule has 1 aromatic carbocycles. The quantitative estimate of drug-likeness (QED) is 0.912. The fourth-order valence-corrected chi connectivity index (χ4v) is 2.92. The summed E-state index contributed by atoms with van der Waals surface area (Å²) < 4.78 is 5.30. The van der Waals surface area contributed by atoms with E-state index in [0.717, 1.165) is 19.6 Å². The van der Waals surface area contributed by atoms with Gasteiger partial charge in [-0.05, 0) is 30.5 Å². The van der Waals surface area contributed by atoms with E-state index in [4.69, 9.17) is 4.74 Å². The second-order valence-electron chi connectivity index (χ2n) is 5.46. The van der Waals surface area contributed by atoms with E-state index in [1.54, 1.807) is 0 Å². The number of hydrogen-bond donors (Lipinski definition) is 1. The number of halogens is 1. The SMILES string of the molecule is COC1CN(CC[C@@H]2Cc3ccccc3CN2)C1.Cl. The van der Waals surface area contributed by atoms with Crippen molar-refractivity contribution in [3.8, 4) is 0 Å². The van der Waals surface area contributed by atoms with Gasteiger partial charge in [0.2, 0.25) is 0 Å².